The zero-order chi connectivity index (χ0) is 20.4. The van der Waals surface area contributed by atoms with Crippen LogP contribution in [0.5, 0.6) is 0 Å². The first kappa shape index (κ1) is 18.9. The lowest BCUT2D eigenvalue weighted by Gasteiger charge is -2.36. The van der Waals surface area contributed by atoms with Crippen molar-refractivity contribution >= 4 is 34.9 Å². The highest BCUT2D eigenvalue weighted by atomic mass is 16.2. The lowest BCUT2D eigenvalue weighted by molar-refractivity contribution is -0.135. The number of nitrogens with one attached hydrogen (secondary N) is 1. The molecule has 1 saturated carbocycles. The van der Waals surface area contributed by atoms with Gasteiger partial charge >= 0.3 is 0 Å². The van der Waals surface area contributed by atoms with Crippen molar-refractivity contribution in [1.29, 1.82) is 0 Å². The molecule has 1 saturated heterocycles. The largest absolute Gasteiger partial charge is 0.366 e. The van der Waals surface area contributed by atoms with Gasteiger partial charge in [-0.3, -0.25) is 9.59 Å². The Labute approximate surface area is 168 Å². The van der Waals surface area contributed by atoms with Crippen LogP contribution in [-0.4, -0.2) is 63.9 Å². The maximum atomic E-state index is 12.7. The van der Waals surface area contributed by atoms with Crippen molar-refractivity contribution < 1.29 is 9.59 Å². The van der Waals surface area contributed by atoms with Crippen molar-refractivity contribution in [3.05, 3.63) is 35.5 Å². The van der Waals surface area contributed by atoms with E-state index in [9.17, 15) is 9.59 Å². The standard InChI is InChI=1S/C20H23N7O2/c1-22-15-4-2-13(10-15)20(29)27-8-6-26(7-9-27)17-12-24-19-18(25-17)14(11-23-19)3-5-16(21)28/h3,5,11-13,15H,2,4,6-10H2,(H2,21,28)(H,23,24)/b5-3+/t13-,15-/m1/s1. The number of hydrogen-bond acceptors (Lipinski definition) is 5. The number of primary amides is 1. The molecule has 2 aliphatic rings. The molecule has 3 N–H and O–H groups in total. The third-order valence-corrected chi connectivity index (χ3v) is 5.68. The summed E-state index contributed by atoms with van der Waals surface area (Å²) in [7, 11) is 0. The maximum Gasteiger partial charge on any atom is 0.241 e. The number of aromatic nitrogens is 3. The molecule has 29 heavy (non-hydrogen) atoms. The van der Waals surface area contributed by atoms with Crippen LogP contribution in [0.4, 0.5) is 5.82 Å². The van der Waals surface area contributed by atoms with Crippen LogP contribution < -0.4 is 10.6 Å². The highest BCUT2D eigenvalue weighted by Gasteiger charge is 2.36. The Morgan fingerprint density at radius 1 is 1.28 bits per heavy atom. The van der Waals surface area contributed by atoms with Crippen molar-refractivity contribution in [3.8, 4) is 0 Å². The van der Waals surface area contributed by atoms with E-state index in [0.29, 0.717) is 43.8 Å². The molecule has 1 aliphatic heterocycles. The van der Waals surface area contributed by atoms with E-state index >= 15 is 0 Å². The number of nitrogens with two attached hydrogens (primary N) is 1. The molecule has 2 aromatic heterocycles. The second kappa shape index (κ2) is 7.91. The van der Waals surface area contributed by atoms with E-state index in [0.717, 1.165) is 24.2 Å². The zero-order valence-electron chi connectivity index (χ0n) is 16.0. The normalized spacial score (nSPS) is 22.3. The van der Waals surface area contributed by atoms with E-state index in [1.807, 2.05) is 4.90 Å². The molecular formula is C20H23N7O2. The molecule has 4 rings (SSSR count). The predicted molar refractivity (Wildman–Crippen MR) is 109 cm³/mol. The second-order valence-electron chi connectivity index (χ2n) is 7.51. The van der Waals surface area contributed by atoms with Crippen LogP contribution in [0.25, 0.3) is 22.1 Å². The van der Waals surface area contributed by atoms with E-state index in [1.165, 1.54) is 6.08 Å². The Hall–Kier alpha value is -3.41. The van der Waals surface area contributed by atoms with Crippen LogP contribution >= 0.6 is 0 Å². The summed E-state index contributed by atoms with van der Waals surface area (Å²) in [5.74, 6) is 0.402. The fraction of sp³-hybridized carbons (Fsp3) is 0.450. The van der Waals surface area contributed by atoms with Crippen molar-refractivity contribution in [2.24, 2.45) is 11.7 Å². The minimum Gasteiger partial charge on any atom is -0.366 e. The van der Waals surface area contributed by atoms with Crippen LogP contribution in [0.3, 0.4) is 0 Å². The topological polar surface area (TPSA) is 113 Å². The summed E-state index contributed by atoms with van der Waals surface area (Å²) < 4.78 is 0. The van der Waals surface area contributed by atoms with Crippen molar-refractivity contribution in [3.63, 3.8) is 0 Å². The Morgan fingerprint density at radius 3 is 2.76 bits per heavy atom. The van der Waals surface area contributed by atoms with Crippen LogP contribution in [0.15, 0.2) is 18.5 Å². The number of anilines is 1. The van der Waals surface area contributed by atoms with Crippen molar-refractivity contribution in [2.75, 3.05) is 31.1 Å². The fourth-order valence-electron chi connectivity index (χ4n) is 4.07. The molecule has 0 bridgehead atoms. The monoisotopic (exact) mass is 393 g/mol. The molecule has 0 aromatic carbocycles. The zero-order valence-corrected chi connectivity index (χ0v) is 16.0. The van der Waals surface area contributed by atoms with Gasteiger partial charge in [-0.25, -0.2) is 16.5 Å². The number of amides is 2. The molecule has 1 aliphatic carbocycles. The minimum absolute atomic E-state index is 0.00347. The Balaban J connectivity index is 1.42. The number of carbonyl (C=O) groups is 2. The van der Waals surface area contributed by atoms with Gasteiger partial charge in [0.15, 0.2) is 5.65 Å². The van der Waals surface area contributed by atoms with Crippen LogP contribution in [0, 0.1) is 12.5 Å². The van der Waals surface area contributed by atoms with Gasteiger partial charge in [-0.15, -0.1) is 0 Å². The third-order valence-electron chi connectivity index (χ3n) is 5.68. The van der Waals surface area contributed by atoms with Gasteiger partial charge in [0.1, 0.15) is 11.3 Å². The molecule has 2 atom stereocenters. The van der Waals surface area contributed by atoms with Crippen LogP contribution in [0.1, 0.15) is 24.8 Å². The summed E-state index contributed by atoms with van der Waals surface area (Å²) in [6.07, 6.45) is 8.72. The summed E-state index contributed by atoms with van der Waals surface area (Å²) in [5.41, 5.74) is 7.24. The second-order valence-corrected chi connectivity index (χ2v) is 7.51. The summed E-state index contributed by atoms with van der Waals surface area (Å²) in [4.78, 5) is 43.5. The van der Waals surface area contributed by atoms with Gasteiger partial charge in [-0.05, 0) is 12.5 Å². The lowest BCUT2D eigenvalue weighted by atomic mass is 10.1. The molecule has 3 heterocycles. The molecule has 0 radical (unpaired) electrons. The van der Waals surface area contributed by atoms with E-state index in [2.05, 4.69) is 19.7 Å². The number of aromatic amines is 1. The van der Waals surface area contributed by atoms with E-state index in [-0.39, 0.29) is 17.9 Å². The minimum atomic E-state index is -0.519. The van der Waals surface area contributed by atoms with Gasteiger partial charge < -0.3 is 25.4 Å². The van der Waals surface area contributed by atoms with Crippen molar-refractivity contribution in [2.45, 2.75) is 25.3 Å². The summed E-state index contributed by atoms with van der Waals surface area (Å²) in [6, 6.07) is 0.00593. The first-order valence-electron chi connectivity index (χ1n) is 9.77. The molecule has 9 nitrogen and oxygen atoms in total. The molecule has 150 valence electrons. The van der Waals surface area contributed by atoms with E-state index in [4.69, 9.17) is 17.3 Å². The highest BCUT2D eigenvalue weighted by molar-refractivity contribution is 5.93. The number of nitrogens with zero attached hydrogens (tertiary/aromatic N) is 5. The highest BCUT2D eigenvalue weighted by Crippen LogP contribution is 2.30. The van der Waals surface area contributed by atoms with Gasteiger partial charge in [-0.2, -0.15) is 0 Å². The average Bonchev–Trinajstić information content (AvgIpc) is 3.38. The predicted octanol–water partition coefficient (Wildman–Crippen LogP) is 1.19. The molecule has 2 aromatic rings. The average molecular weight is 393 g/mol. The van der Waals surface area contributed by atoms with Crippen LogP contribution in [0.2, 0.25) is 0 Å². The maximum absolute atomic E-state index is 12.7. The number of hydrogen-bond donors (Lipinski definition) is 2. The molecule has 9 heteroatoms. The first-order chi connectivity index (χ1) is 14.0. The number of H-pyrrole nitrogens is 1. The summed E-state index contributed by atoms with van der Waals surface area (Å²) >= 11 is 0. The fourth-order valence-corrected chi connectivity index (χ4v) is 4.07. The van der Waals surface area contributed by atoms with Gasteiger partial charge in [0.05, 0.1) is 6.20 Å². The molecule has 0 unspecified atom stereocenters. The van der Waals surface area contributed by atoms with Crippen molar-refractivity contribution in [1.82, 2.24) is 19.9 Å². The number of piperazine rings is 1. The van der Waals surface area contributed by atoms with E-state index in [1.54, 1.807) is 18.5 Å². The Morgan fingerprint density at radius 2 is 2.07 bits per heavy atom. The number of fused-ring (bicyclic) bond motifs is 1. The van der Waals surface area contributed by atoms with Gasteiger partial charge in [-0.1, -0.05) is 0 Å². The molecule has 2 fully saturated rings. The first-order valence-corrected chi connectivity index (χ1v) is 9.77. The Kier molecular flexibility index (Phi) is 5.16. The third kappa shape index (κ3) is 3.92. The number of carbonyl (C=O) groups excluding carboxylic acids is 2. The number of rotatable bonds is 4. The Bertz CT molecular complexity index is 998. The molecular weight excluding hydrogens is 370 g/mol. The van der Waals surface area contributed by atoms with E-state index < -0.39 is 5.91 Å². The summed E-state index contributed by atoms with van der Waals surface area (Å²) in [6.45, 7) is 9.80. The SMILES string of the molecule is [C-]#[N+][C@@H]1CC[C@@H](C(=O)N2CCN(c3cnc4[nH]cc(/C=C/C(N)=O)c4n3)CC2)C1. The van der Waals surface area contributed by atoms with Gasteiger partial charge in [0, 0.05) is 62.8 Å². The lowest BCUT2D eigenvalue weighted by Crippen LogP contribution is -2.50. The smallest absolute Gasteiger partial charge is 0.241 e. The van der Waals surface area contributed by atoms with Crippen LogP contribution in [-0.2, 0) is 9.59 Å². The summed E-state index contributed by atoms with van der Waals surface area (Å²) in [5, 5.41) is 0. The quantitative estimate of drug-likeness (QED) is 0.599. The van der Waals surface area contributed by atoms with Gasteiger partial charge in [0.2, 0.25) is 17.9 Å². The molecule has 0 spiro atoms. The molecule has 2 amide bonds. The van der Waals surface area contributed by atoms with Gasteiger partial charge in [0.25, 0.3) is 0 Å².